The second-order valence-corrected chi connectivity index (χ2v) is 6.90. The average Bonchev–Trinajstić information content (AvgIpc) is 2.65. The summed E-state index contributed by atoms with van der Waals surface area (Å²) in [7, 11) is 2.36. The van der Waals surface area contributed by atoms with E-state index in [0.29, 0.717) is 0 Å². The van der Waals surface area contributed by atoms with Gasteiger partial charge in [-0.2, -0.15) is 0 Å². The van der Waals surface area contributed by atoms with Crippen LogP contribution in [0.5, 0.6) is 0 Å². The van der Waals surface area contributed by atoms with E-state index in [1.54, 1.807) is 0 Å². The van der Waals surface area contributed by atoms with E-state index in [2.05, 4.69) is 29.1 Å². The maximum Gasteiger partial charge on any atom is 0.0223 e. The fourth-order valence-electron chi connectivity index (χ4n) is 4.60. The van der Waals surface area contributed by atoms with Gasteiger partial charge in [0.2, 0.25) is 0 Å². The summed E-state index contributed by atoms with van der Waals surface area (Å²) in [6.07, 6.45) is 9.89. The molecule has 1 saturated carbocycles. The van der Waals surface area contributed by atoms with Crippen molar-refractivity contribution in [2.75, 3.05) is 26.7 Å². The predicted molar refractivity (Wildman–Crippen MR) is 80.5 cm³/mol. The van der Waals surface area contributed by atoms with Crippen LogP contribution in [-0.4, -0.2) is 60.6 Å². The van der Waals surface area contributed by atoms with Crippen molar-refractivity contribution >= 4 is 0 Å². The van der Waals surface area contributed by atoms with Gasteiger partial charge in [-0.05, 0) is 65.1 Å². The van der Waals surface area contributed by atoms with E-state index in [1.165, 1.54) is 58.0 Å². The third kappa shape index (κ3) is 2.98. The summed E-state index contributed by atoms with van der Waals surface area (Å²) < 4.78 is 0. The van der Waals surface area contributed by atoms with Crippen molar-refractivity contribution in [1.82, 2.24) is 15.1 Å². The van der Waals surface area contributed by atoms with E-state index < -0.39 is 0 Å². The van der Waals surface area contributed by atoms with Gasteiger partial charge < -0.3 is 5.32 Å². The molecular weight excluding hydrogens is 234 g/mol. The summed E-state index contributed by atoms with van der Waals surface area (Å²) in [6, 6.07) is 3.40. The first-order chi connectivity index (χ1) is 9.28. The molecule has 3 nitrogen and oxygen atoms in total. The van der Waals surface area contributed by atoms with Gasteiger partial charge in [-0.15, -0.1) is 0 Å². The van der Waals surface area contributed by atoms with Crippen LogP contribution in [-0.2, 0) is 0 Å². The summed E-state index contributed by atoms with van der Waals surface area (Å²) in [4.78, 5) is 5.51. The summed E-state index contributed by atoms with van der Waals surface area (Å²) >= 11 is 0. The Morgan fingerprint density at radius 2 is 1.58 bits per heavy atom. The second kappa shape index (κ2) is 6.11. The van der Waals surface area contributed by atoms with Gasteiger partial charge in [0.25, 0.3) is 0 Å². The molecule has 110 valence electrons. The number of likely N-dealkylation sites (tertiary alicyclic amines) is 1. The first-order valence-corrected chi connectivity index (χ1v) is 8.47. The summed E-state index contributed by atoms with van der Waals surface area (Å²) in [5.74, 6) is 0. The minimum atomic E-state index is 0.798. The van der Waals surface area contributed by atoms with Gasteiger partial charge in [-0.25, -0.2) is 0 Å². The highest BCUT2D eigenvalue weighted by Gasteiger charge is 2.37. The molecule has 3 fully saturated rings. The third-order valence-corrected chi connectivity index (χ3v) is 5.89. The van der Waals surface area contributed by atoms with Crippen LogP contribution in [0.25, 0.3) is 0 Å². The molecule has 2 saturated heterocycles. The monoisotopic (exact) mass is 265 g/mol. The number of hydrogen-bond acceptors (Lipinski definition) is 3. The summed E-state index contributed by atoms with van der Waals surface area (Å²) in [5.41, 5.74) is 0. The van der Waals surface area contributed by atoms with E-state index in [1.807, 2.05) is 0 Å². The molecule has 3 heteroatoms. The zero-order chi connectivity index (χ0) is 13.2. The van der Waals surface area contributed by atoms with E-state index in [4.69, 9.17) is 0 Å². The molecule has 0 radical (unpaired) electrons. The highest BCUT2D eigenvalue weighted by atomic mass is 15.3. The lowest BCUT2D eigenvalue weighted by atomic mass is 9.89. The molecule has 0 amide bonds. The lowest BCUT2D eigenvalue weighted by Gasteiger charge is -2.38. The first-order valence-electron chi connectivity index (χ1n) is 8.47. The van der Waals surface area contributed by atoms with Crippen molar-refractivity contribution < 1.29 is 0 Å². The maximum atomic E-state index is 3.63. The van der Waals surface area contributed by atoms with Crippen LogP contribution in [0.3, 0.4) is 0 Å². The Hall–Kier alpha value is -0.120. The normalized spacial score (nSPS) is 41.4. The number of likely N-dealkylation sites (N-methyl/N-ethyl adjacent to an activating group) is 1. The molecule has 2 atom stereocenters. The number of rotatable bonds is 3. The van der Waals surface area contributed by atoms with Crippen LogP contribution in [0.2, 0.25) is 0 Å². The minimum Gasteiger partial charge on any atom is -0.314 e. The largest absolute Gasteiger partial charge is 0.314 e. The van der Waals surface area contributed by atoms with Gasteiger partial charge in [0.05, 0.1) is 0 Å². The van der Waals surface area contributed by atoms with Crippen LogP contribution in [0.1, 0.15) is 51.9 Å². The third-order valence-electron chi connectivity index (χ3n) is 5.89. The highest BCUT2D eigenvalue weighted by Crippen LogP contribution is 2.32. The van der Waals surface area contributed by atoms with Crippen LogP contribution in [0, 0.1) is 0 Å². The predicted octanol–water partition coefficient (Wildman–Crippen LogP) is 2.08. The van der Waals surface area contributed by atoms with Gasteiger partial charge in [0, 0.05) is 30.7 Å². The van der Waals surface area contributed by atoms with E-state index in [9.17, 15) is 0 Å². The Kier molecular flexibility index (Phi) is 4.45. The summed E-state index contributed by atoms with van der Waals surface area (Å²) in [6.45, 7) is 6.05. The van der Waals surface area contributed by atoms with Gasteiger partial charge >= 0.3 is 0 Å². The quantitative estimate of drug-likeness (QED) is 0.843. The smallest absolute Gasteiger partial charge is 0.0223 e. The van der Waals surface area contributed by atoms with Gasteiger partial charge in [-0.1, -0.05) is 6.92 Å². The van der Waals surface area contributed by atoms with Gasteiger partial charge in [0.15, 0.2) is 0 Å². The Labute approximate surface area is 118 Å². The molecule has 0 aromatic heterocycles. The molecule has 2 aliphatic heterocycles. The molecule has 19 heavy (non-hydrogen) atoms. The van der Waals surface area contributed by atoms with Gasteiger partial charge in [-0.3, -0.25) is 9.80 Å². The fraction of sp³-hybridized carbons (Fsp3) is 1.00. The first kappa shape index (κ1) is 13.8. The second-order valence-electron chi connectivity index (χ2n) is 6.90. The number of nitrogens with one attached hydrogen (secondary N) is 1. The SMILES string of the molecule is CCNC1CCC(N2CCC3CCC(C2)N3C)CC1. The van der Waals surface area contributed by atoms with Crippen LogP contribution >= 0.6 is 0 Å². The molecule has 2 bridgehead atoms. The van der Waals surface area contributed by atoms with E-state index in [0.717, 1.165) is 30.7 Å². The molecule has 2 unspecified atom stereocenters. The molecule has 0 aromatic rings. The van der Waals surface area contributed by atoms with Crippen LogP contribution < -0.4 is 5.32 Å². The number of fused-ring (bicyclic) bond motifs is 2. The standard InChI is InChI=1S/C16H31N3/c1-3-17-13-4-6-15(7-5-13)19-11-10-14-8-9-16(12-19)18(14)2/h13-17H,3-12H2,1-2H3. The molecular formula is C16H31N3. The molecule has 2 heterocycles. The van der Waals surface area contributed by atoms with Crippen molar-refractivity contribution in [3.8, 4) is 0 Å². The number of nitrogens with zero attached hydrogens (tertiary/aromatic N) is 2. The topological polar surface area (TPSA) is 18.5 Å². The van der Waals surface area contributed by atoms with Crippen molar-refractivity contribution in [1.29, 1.82) is 0 Å². The Morgan fingerprint density at radius 1 is 0.895 bits per heavy atom. The van der Waals surface area contributed by atoms with Gasteiger partial charge in [0.1, 0.15) is 0 Å². The van der Waals surface area contributed by atoms with Crippen molar-refractivity contribution in [2.24, 2.45) is 0 Å². The van der Waals surface area contributed by atoms with Crippen LogP contribution in [0.4, 0.5) is 0 Å². The van der Waals surface area contributed by atoms with Crippen molar-refractivity contribution in [3.05, 3.63) is 0 Å². The maximum absolute atomic E-state index is 3.63. The summed E-state index contributed by atoms with van der Waals surface area (Å²) in [5, 5.41) is 3.63. The Morgan fingerprint density at radius 3 is 2.32 bits per heavy atom. The highest BCUT2D eigenvalue weighted by molar-refractivity contribution is 4.94. The Balaban J connectivity index is 1.53. The molecule has 0 spiro atoms. The molecule has 1 N–H and O–H groups in total. The molecule has 0 aromatic carbocycles. The van der Waals surface area contributed by atoms with E-state index >= 15 is 0 Å². The van der Waals surface area contributed by atoms with E-state index in [-0.39, 0.29) is 0 Å². The van der Waals surface area contributed by atoms with Crippen molar-refractivity contribution in [3.63, 3.8) is 0 Å². The molecule has 3 rings (SSSR count). The minimum absolute atomic E-state index is 0.798. The Bertz CT molecular complexity index is 286. The average molecular weight is 265 g/mol. The lowest BCUT2D eigenvalue weighted by molar-refractivity contribution is 0.130. The zero-order valence-electron chi connectivity index (χ0n) is 12.8. The lowest BCUT2D eigenvalue weighted by Crippen LogP contribution is -2.45. The molecule has 1 aliphatic carbocycles. The number of hydrogen-bond donors (Lipinski definition) is 1. The van der Waals surface area contributed by atoms with Crippen molar-refractivity contribution in [2.45, 2.75) is 76.0 Å². The fourth-order valence-corrected chi connectivity index (χ4v) is 4.60. The zero-order valence-corrected chi connectivity index (χ0v) is 12.8. The van der Waals surface area contributed by atoms with Crippen LogP contribution in [0.15, 0.2) is 0 Å². The molecule has 3 aliphatic rings.